The number of hydrogen-bond donors (Lipinski definition) is 0. The first-order valence-corrected chi connectivity index (χ1v) is 7.77. The van der Waals surface area contributed by atoms with Crippen LogP contribution in [0, 0.1) is 5.92 Å². The van der Waals surface area contributed by atoms with Gasteiger partial charge in [0.25, 0.3) is 0 Å². The van der Waals surface area contributed by atoms with E-state index in [4.69, 9.17) is 4.74 Å². The Hall–Kier alpha value is -0.830. The maximum absolute atomic E-state index is 11.6. The molecular formula is C16H27NO2. The number of esters is 1. The number of rotatable bonds is 4. The quantitative estimate of drug-likeness (QED) is 0.577. The molecule has 3 heteroatoms. The number of carbonyl (C=O) groups excluding carboxylic acids is 1. The molecule has 1 saturated carbocycles. The number of carbonyl (C=O) groups is 1. The molecule has 0 N–H and O–H groups in total. The molecule has 0 aromatic heterocycles. The van der Waals surface area contributed by atoms with Gasteiger partial charge < -0.3 is 4.74 Å². The smallest absolute Gasteiger partial charge is 0.333 e. The standard InChI is InChI=1S/C16H27NO2/c1-3-13(16(18)19-2)10-12-17-11-6-8-14-7-4-5-9-15(14)17/h10,14-15H,3-9,11-12H2,1-2H3. The highest BCUT2D eigenvalue weighted by Crippen LogP contribution is 2.35. The van der Waals surface area contributed by atoms with Crippen molar-refractivity contribution in [2.24, 2.45) is 5.92 Å². The Morgan fingerprint density at radius 1 is 1.26 bits per heavy atom. The largest absolute Gasteiger partial charge is 0.466 e. The van der Waals surface area contributed by atoms with E-state index in [0.717, 1.165) is 30.5 Å². The third-order valence-corrected chi connectivity index (χ3v) is 4.76. The molecule has 2 fully saturated rings. The molecule has 0 aromatic carbocycles. The van der Waals surface area contributed by atoms with Gasteiger partial charge in [-0.15, -0.1) is 0 Å². The van der Waals surface area contributed by atoms with Crippen LogP contribution in [0.3, 0.4) is 0 Å². The second-order valence-corrected chi connectivity index (χ2v) is 5.82. The summed E-state index contributed by atoms with van der Waals surface area (Å²) in [7, 11) is 1.46. The van der Waals surface area contributed by atoms with E-state index in [9.17, 15) is 4.79 Å². The number of methoxy groups -OCH3 is 1. The predicted molar refractivity (Wildman–Crippen MR) is 76.9 cm³/mol. The number of fused-ring (bicyclic) bond motifs is 1. The van der Waals surface area contributed by atoms with Gasteiger partial charge >= 0.3 is 5.97 Å². The van der Waals surface area contributed by atoms with Crippen LogP contribution in [0.2, 0.25) is 0 Å². The number of likely N-dealkylation sites (tertiary alicyclic amines) is 1. The van der Waals surface area contributed by atoms with Crippen LogP contribution >= 0.6 is 0 Å². The highest BCUT2D eigenvalue weighted by molar-refractivity contribution is 5.88. The Balaban J connectivity index is 1.96. The van der Waals surface area contributed by atoms with Crippen LogP contribution in [-0.4, -0.2) is 37.1 Å². The van der Waals surface area contributed by atoms with E-state index in [0.29, 0.717) is 0 Å². The summed E-state index contributed by atoms with van der Waals surface area (Å²) in [6.45, 7) is 4.12. The molecule has 3 nitrogen and oxygen atoms in total. The Morgan fingerprint density at radius 2 is 2.00 bits per heavy atom. The molecule has 0 bridgehead atoms. The van der Waals surface area contributed by atoms with Crippen molar-refractivity contribution >= 4 is 5.97 Å². The zero-order valence-corrected chi connectivity index (χ0v) is 12.4. The Bertz CT molecular complexity index is 336. The molecule has 2 rings (SSSR count). The number of ether oxygens (including phenoxy) is 1. The molecule has 1 aliphatic carbocycles. The van der Waals surface area contributed by atoms with Crippen LogP contribution in [-0.2, 0) is 9.53 Å². The van der Waals surface area contributed by atoms with Crippen molar-refractivity contribution in [1.29, 1.82) is 0 Å². The Labute approximate surface area is 117 Å². The van der Waals surface area contributed by atoms with Crippen LogP contribution in [0.1, 0.15) is 51.9 Å². The van der Waals surface area contributed by atoms with E-state index in [1.807, 2.05) is 6.92 Å². The molecule has 19 heavy (non-hydrogen) atoms. The summed E-state index contributed by atoms with van der Waals surface area (Å²) >= 11 is 0. The van der Waals surface area contributed by atoms with Gasteiger partial charge in [0.15, 0.2) is 0 Å². The lowest BCUT2D eigenvalue weighted by atomic mass is 9.78. The van der Waals surface area contributed by atoms with Gasteiger partial charge in [-0.25, -0.2) is 4.79 Å². The van der Waals surface area contributed by atoms with Gasteiger partial charge in [-0.2, -0.15) is 0 Å². The fourth-order valence-electron chi connectivity index (χ4n) is 3.69. The Morgan fingerprint density at radius 3 is 2.74 bits per heavy atom. The van der Waals surface area contributed by atoms with Crippen LogP contribution in [0.5, 0.6) is 0 Å². The first-order chi connectivity index (χ1) is 9.26. The van der Waals surface area contributed by atoms with Gasteiger partial charge in [-0.3, -0.25) is 4.90 Å². The van der Waals surface area contributed by atoms with Crippen molar-refractivity contribution in [2.75, 3.05) is 20.2 Å². The summed E-state index contributed by atoms with van der Waals surface area (Å²) in [5, 5.41) is 0. The lowest BCUT2D eigenvalue weighted by molar-refractivity contribution is -0.136. The highest BCUT2D eigenvalue weighted by Gasteiger charge is 2.32. The summed E-state index contributed by atoms with van der Waals surface area (Å²) in [5.41, 5.74) is 0.820. The molecule has 1 saturated heterocycles. The molecule has 1 aliphatic heterocycles. The molecule has 1 heterocycles. The zero-order valence-electron chi connectivity index (χ0n) is 12.4. The Kier molecular flexibility index (Phi) is 5.44. The SMILES string of the molecule is CCC(=CCN1CCCC2CCCCC21)C(=O)OC. The molecule has 2 atom stereocenters. The van der Waals surface area contributed by atoms with E-state index in [1.54, 1.807) is 0 Å². The molecule has 108 valence electrons. The van der Waals surface area contributed by atoms with Crippen molar-refractivity contribution in [3.8, 4) is 0 Å². The van der Waals surface area contributed by atoms with Crippen LogP contribution in [0.4, 0.5) is 0 Å². The van der Waals surface area contributed by atoms with E-state index < -0.39 is 0 Å². The van der Waals surface area contributed by atoms with Crippen LogP contribution < -0.4 is 0 Å². The van der Waals surface area contributed by atoms with Gasteiger partial charge in [-0.1, -0.05) is 25.8 Å². The minimum absolute atomic E-state index is 0.167. The second-order valence-electron chi connectivity index (χ2n) is 5.82. The lowest BCUT2D eigenvalue weighted by Crippen LogP contribution is -2.46. The summed E-state index contributed by atoms with van der Waals surface area (Å²) in [4.78, 5) is 14.2. The lowest BCUT2D eigenvalue weighted by Gasteiger charge is -2.43. The van der Waals surface area contributed by atoms with Crippen molar-refractivity contribution in [1.82, 2.24) is 4.90 Å². The minimum Gasteiger partial charge on any atom is -0.466 e. The normalized spacial score (nSPS) is 28.8. The molecule has 0 aromatic rings. The molecule has 0 radical (unpaired) electrons. The average molecular weight is 265 g/mol. The highest BCUT2D eigenvalue weighted by atomic mass is 16.5. The summed E-state index contributed by atoms with van der Waals surface area (Å²) in [6.07, 6.45) is 11.1. The van der Waals surface area contributed by atoms with Gasteiger partial charge in [0, 0.05) is 18.2 Å². The van der Waals surface area contributed by atoms with Crippen molar-refractivity contribution in [3.05, 3.63) is 11.6 Å². The summed E-state index contributed by atoms with van der Waals surface area (Å²) in [6, 6.07) is 0.759. The number of hydrogen-bond acceptors (Lipinski definition) is 3. The van der Waals surface area contributed by atoms with Gasteiger partial charge in [0.1, 0.15) is 0 Å². The van der Waals surface area contributed by atoms with Crippen LogP contribution in [0.15, 0.2) is 11.6 Å². The summed E-state index contributed by atoms with van der Waals surface area (Å²) in [5.74, 6) is 0.735. The average Bonchev–Trinajstić information content (AvgIpc) is 2.47. The zero-order chi connectivity index (χ0) is 13.7. The molecule has 0 spiro atoms. The second kappa shape index (κ2) is 7.09. The third kappa shape index (κ3) is 3.59. The first-order valence-electron chi connectivity index (χ1n) is 7.77. The fourth-order valence-corrected chi connectivity index (χ4v) is 3.69. The van der Waals surface area contributed by atoms with E-state index in [-0.39, 0.29) is 5.97 Å². The topological polar surface area (TPSA) is 29.5 Å². The van der Waals surface area contributed by atoms with E-state index >= 15 is 0 Å². The maximum atomic E-state index is 11.6. The number of piperidine rings is 1. The van der Waals surface area contributed by atoms with Gasteiger partial charge in [0.2, 0.25) is 0 Å². The molecule has 2 unspecified atom stereocenters. The predicted octanol–water partition coefficient (Wildman–Crippen LogP) is 3.15. The third-order valence-electron chi connectivity index (χ3n) is 4.76. The number of nitrogens with zero attached hydrogens (tertiary/aromatic N) is 1. The molecular weight excluding hydrogens is 238 g/mol. The van der Waals surface area contributed by atoms with E-state index in [2.05, 4.69) is 11.0 Å². The summed E-state index contributed by atoms with van der Waals surface area (Å²) < 4.78 is 4.82. The van der Waals surface area contributed by atoms with Gasteiger partial charge in [-0.05, 0) is 44.6 Å². The van der Waals surface area contributed by atoms with Crippen molar-refractivity contribution in [2.45, 2.75) is 57.9 Å². The fraction of sp³-hybridized carbons (Fsp3) is 0.812. The first kappa shape index (κ1) is 14.6. The van der Waals surface area contributed by atoms with Gasteiger partial charge in [0.05, 0.1) is 7.11 Å². The molecule has 0 amide bonds. The van der Waals surface area contributed by atoms with Crippen molar-refractivity contribution in [3.63, 3.8) is 0 Å². The van der Waals surface area contributed by atoms with E-state index in [1.165, 1.54) is 52.2 Å². The van der Waals surface area contributed by atoms with Crippen LogP contribution in [0.25, 0.3) is 0 Å². The molecule has 2 aliphatic rings. The minimum atomic E-state index is -0.167. The van der Waals surface area contributed by atoms with Crippen molar-refractivity contribution < 1.29 is 9.53 Å². The monoisotopic (exact) mass is 265 g/mol. The maximum Gasteiger partial charge on any atom is 0.333 e.